The molecule has 0 bridgehead atoms. The molecule has 0 saturated carbocycles. The zero-order valence-corrected chi connectivity index (χ0v) is 11.4. The molecule has 1 heterocycles. The quantitative estimate of drug-likeness (QED) is 0.893. The Morgan fingerprint density at radius 1 is 1.40 bits per heavy atom. The molecule has 0 aliphatic carbocycles. The molecular weight excluding hydrogens is 258 g/mol. The predicted molar refractivity (Wildman–Crippen MR) is 75.8 cm³/mol. The lowest BCUT2D eigenvalue weighted by molar-refractivity contribution is -0.137. The van der Waals surface area contributed by atoms with E-state index in [1.165, 1.54) is 6.26 Å². The first-order valence-corrected chi connectivity index (χ1v) is 6.43. The van der Waals surface area contributed by atoms with Gasteiger partial charge in [-0.15, -0.1) is 0 Å². The molecule has 0 saturated heterocycles. The van der Waals surface area contributed by atoms with Gasteiger partial charge in [0.2, 0.25) is 0 Å². The monoisotopic (exact) mass is 275 g/mol. The molecule has 0 spiro atoms. The number of hydrogen-bond acceptors (Lipinski definition) is 4. The third-order valence-corrected chi connectivity index (χ3v) is 3.28. The van der Waals surface area contributed by atoms with Crippen LogP contribution in [-0.2, 0) is 4.79 Å². The van der Waals surface area contributed by atoms with Crippen molar-refractivity contribution in [2.75, 3.05) is 0 Å². The summed E-state index contributed by atoms with van der Waals surface area (Å²) in [5.74, 6) is -0.761. The molecule has 0 aliphatic rings. The minimum absolute atomic E-state index is 0.195. The maximum absolute atomic E-state index is 12.4. The van der Waals surface area contributed by atoms with E-state index in [0.717, 1.165) is 5.56 Å². The second-order valence-electron chi connectivity index (χ2n) is 5.13. The van der Waals surface area contributed by atoms with E-state index in [2.05, 4.69) is 0 Å². The zero-order chi connectivity index (χ0) is 14.9. The van der Waals surface area contributed by atoms with Gasteiger partial charge in [0.25, 0.3) is 0 Å². The van der Waals surface area contributed by atoms with Crippen LogP contribution in [0.15, 0.2) is 33.7 Å². The lowest BCUT2D eigenvalue weighted by Gasteiger charge is -2.10. The topological polar surface area (TPSA) is 93.5 Å². The molecule has 1 aromatic heterocycles. The van der Waals surface area contributed by atoms with E-state index in [4.69, 9.17) is 15.3 Å². The molecule has 2 rings (SSSR count). The number of carboxylic acid groups (broad SMARTS) is 1. The van der Waals surface area contributed by atoms with Crippen LogP contribution in [0.5, 0.6) is 0 Å². The molecule has 0 amide bonds. The summed E-state index contributed by atoms with van der Waals surface area (Å²) in [7, 11) is 0. The van der Waals surface area contributed by atoms with Gasteiger partial charge in [-0.05, 0) is 23.6 Å². The average Bonchev–Trinajstić information content (AvgIpc) is 2.37. The molecule has 0 fully saturated rings. The molecule has 5 nitrogen and oxygen atoms in total. The molecule has 106 valence electrons. The molecular formula is C15H17NO4. The molecule has 1 aromatic carbocycles. The highest BCUT2D eigenvalue weighted by atomic mass is 16.4. The summed E-state index contributed by atoms with van der Waals surface area (Å²) >= 11 is 0. The summed E-state index contributed by atoms with van der Waals surface area (Å²) in [4.78, 5) is 23.1. The molecule has 0 radical (unpaired) electrons. The number of carboxylic acids is 1. The first kappa shape index (κ1) is 14.3. The van der Waals surface area contributed by atoms with Crippen molar-refractivity contribution in [2.24, 2.45) is 5.73 Å². The third-order valence-electron chi connectivity index (χ3n) is 3.28. The zero-order valence-electron chi connectivity index (χ0n) is 11.4. The normalized spacial score (nSPS) is 12.8. The van der Waals surface area contributed by atoms with Crippen molar-refractivity contribution in [3.05, 3.63) is 45.8 Å². The Hall–Kier alpha value is -2.14. The van der Waals surface area contributed by atoms with Gasteiger partial charge in [0, 0.05) is 6.04 Å². The van der Waals surface area contributed by atoms with E-state index >= 15 is 0 Å². The predicted octanol–water partition coefficient (Wildman–Crippen LogP) is 2.39. The Morgan fingerprint density at radius 2 is 2.10 bits per heavy atom. The number of carbonyl (C=O) groups is 1. The van der Waals surface area contributed by atoms with Crippen molar-refractivity contribution in [1.82, 2.24) is 0 Å². The molecule has 20 heavy (non-hydrogen) atoms. The average molecular weight is 275 g/mol. The first-order valence-electron chi connectivity index (χ1n) is 6.43. The second kappa shape index (κ2) is 5.46. The Balaban J connectivity index is 2.56. The van der Waals surface area contributed by atoms with Crippen molar-refractivity contribution in [2.45, 2.75) is 32.2 Å². The molecule has 2 aromatic rings. The summed E-state index contributed by atoms with van der Waals surface area (Å²) < 4.78 is 5.39. The van der Waals surface area contributed by atoms with Crippen LogP contribution in [0.2, 0.25) is 0 Å². The van der Waals surface area contributed by atoms with Crippen molar-refractivity contribution < 1.29 is 14.3 Å². The van der Waals surface area contributed by atoms with E-state index < -0.39 is 12.0 Å². The van der Waals surface area contributed by atoms with Gasteiger partial charge < -0.3 is 15.3 Å². The highest BCUT2D eigenvalue weighted by Crippen LogP contribution is 2.21. The smallest absolute Gasteiger partial charge is 0.305 e. The van der Waals surface area contributed by atoms with Crippen molar-refractivity contribution >= 4 is 16.9 Å². The van der Waals surface area contributed by atoms with E-state index in [1.807, 2.05) is 19.9 Å². The Kier molecular flexibility index (Phi) is 3.90. The van der Waals surface area contributed by atoms with Gasteiger partial charge in [0.1, 0.15) is 5.58 Å². The number of nitrogens with two attached hydrogens (primary N) is 1. The number of rotatable bonds is 4. The fraction of sp³-hybridized carbons (Fsp3) is 0.333. The lowest BCUT2D eigenvalue weighted by atomic mass is 9.99. The van der Waals surface area contributed by atoms with Gasteiger partial charge in [-0.25, -0.2) is 0 Å². The number of hydrogen-bond donors (Lipinski definition) is 2. The molecule has 5 heteroatoms. The highest BCUT2D eigenvalue weighted by molar-refractivity contribution is 5.78. The van der Waals surface area contributed by atoms with Crippen LogP contribution in [0.4, 0.5) is 0 Å². The summed E-state index contributed by atoms with van der Waals surface area (Å²) in [6.07, 6.45) is 0.952. The Morgan fingerprint density at radius 3 is 2.70 bits per heavy atom. The van der Waals surface area contributed by atoms with E-state index in [1.54, 1.807) is 12.1 Å². The summed E-state index contributed by atoms with van der Waals surface area (Å²) in [6, 6.07) is 4.57. The van der Waals surface area contributed by atoms with Crippen LogP contribution in [-0.4, -0.2) is 11.1 Å². The number of aliphatic carboxylic acids is 1. The number of fused-ring (bicyclic) bond motifs is 1. The van der Waals surface area contributed by atoms with Crippen LogP contribution < -0.4 is 11.2 Å². The summed E-state index contributed by atoms with van der Waals surface area (Å²) in [5, 5.41) is 9.19. The highest BCUT2D eigenvalue weighted by Gasteiger charge is 2.17. The fourth-order valence-electron chi connectivity index (χ4n) is 2.08. The maximum Gasteiger partial charge on any atom is 0.305 e. The second-order valence-corrected chi connectivity index (χ2v) is 5.13. The molecule has 3 N–H and O–H groups in total. The van der Waals surface area contributed by atoms with Gasteiger partial charge >= 0.3 is 5.97 Å². The van der Waals surface area contributed by atoms with Crippen LogP contribution in [0.1, 0.15) is 43.4 Å². The fourth-order valence-corrected chi connectivity index (χ4v) is 2.08. The number of benzene rings is 1. The standard InChI is InChI=1S/C15H17NO4/c1-8(2)9-3-4-13-10(5-9)15(19)11(7-20-13)12(16)6-14(17)18/h3-5,7-8,12H,6,16H2,1-2H3,(H,17,18). The van der Waals surface area contributed by atoms with Crippen LogP contribution >= 0.6 is 0 Å². The van der Waals surface area contributed by atoms with Crippen molar-refractivity contribution in [3.8, 4) is 0 Å². The molecule has 0 aliphatic heterocycles. The van der Waals surface area contributed by atoms with Crippen molar-refractivity contribution in [1.29, 1.82) is 0 Å². The Bertz CT molecular complexity index is 703. The first-order chi connectivity index (χ1) is 9.40. The third kappa shape index (κ3) is 2.72. The van der Waals surface area contributed by atoms with Gasteiger partial charge in [-0.3, -0.25) is 9.59 Å². The van der Waals surface area contributed by atoms with Gasteiger partial charge in [0.05, 0.1) is 23.6 Å². The van der Waals surface area contributed by atoms with Crippen LogP contribution in [0.3, 0.4) is 0 Å². The Labute approximate surface area is 116 Å². The molecule has 1 atom stereocenters. The van der Waals surface area contributed by atoms with E-state index in [-0.39, 0.29) is 23.3 Å². The van der Waals surface area contributed by atoms with Gasteiger partial charge in [-0.2, -0.15) is 0 Å². The van der Waals surface area contributed by atoms with E-state index in [0.29, 0.717) is 11.0 Å². The maximum atomic E-state index is 12.4. The largest absolute Gasteiger partial charge is 0.481 e. The minimum Gasteiger partial charge on any atom is -0.481 e. The minimum atomic E-state index is -1.05. The summed E-state index contributed by atoms with van der Waals surface area (Å²) in [6.45, 7) is 4.06. The van der Waals surface area contributed by atoms with E-state index in [9.17, 15) is 9.59 Å². The van der Waals surface area contributed by atoms with Gasteiger partial charge in [0.15, 0.2) is 5.43 Å². The van der Waals surface area contributed by atoms with Crippen LogP contribution in [0, 0.1) is 0 Å². The van der Waals surface area contributed by atoms with Gasteiger partial charge in [-0.1, -0.05) is 19.9 Å². The lowest BCUT2D eigenvalue weighted by Crippen LogP contribution is -2.22. The molecule has 1 unspecified atom stereocenters. The van der Waals surface area contributed by atoms with Crippen LogP contribution in [0.25, 0.3) is 11.0 Å². The summed E-state index contributed by atoms with van der Waals surface area (Å²) in [5.41, 5.74) is 7.18. The van der Waals surface area contributed by atoms with Crippen molar-refractivity contribution in [3.63, 3.8) is 0 Å². The SMILES string of the molecule is CC(C)c1ccc2occ(C(N)CC(=O)O)c(=O)c2c1.